The summed E-state index contributed by atoms with van der Waals surface area (Å²) in [5, 5.41) is 0. The molecule has 0 fully saturated rings. The molecule has 0 aromatic carbocycles. The van der Waals surface area contributed by atoms with E-state index in [-0.39, 0.29) is 31.1 Å². The van der Waals surface area contributed by atoms with Gasteiger partial charge in [-0.1, -0.05) is 241 Å². The third kappa shape index (κ3) is 44.0. The van der Waals surface area contributed by atoms with Crippen molar-refractivity contribution in [2.45, 2.75) is 285 Å². The molecule has 0 bridgehead atoms. The minimum absolute atomic E-state index is 0.0668. The van der Waals surface area contributed by atoms with Crippen LogP contribution in [0.3, 0.4) is 0 Å². The van der Waals surface area contributed by atoms with Gasteiger partial charge in [0.1, 0.15) is 13.2 Å². The number of carbonyl (C=O) groups is 3. The molecule has 0 radical (unpaired) electrons. The summed E-state index contributed by atoms with van der Waals surface area (Å²) in [7, 11) is 0. The molecule has 0 rings (SSSR count). The fourth-order valence-corrected chi connectivity index (χ4v) is 7.73. The van der Waals surface area contributed by atoms with Gasteiger partial charge in [-0.3, -0.25) is 14.4 Å². The SMILES string of the molecule is CCC(C)CCCCCCCCC(=O)OC[C@H](COC(=O)CCCCCCCCC(C)C)OC(=O)CCCCCCCCCCCCCCCCCCCCC(C)C. The van der Waals surface area contributed by atoms with Gasteiger partial charge in [-0.25, -0.2) is 0 Å². The van der Waals surface area contributed by atoms with Crippen LogP contribution in [0.1, 0.15) is 279 Å². The Hall–Kier alpha value is -1.59. The van der Waals surface area contributed by atoms with E-state index in [9.17, 15) is 14.4 Å². The lowest BCUT2D eigenvalue weighted by molar-refractivity contribution is -0.167. The van der Waals surface area contributed by atoms with Gasteiger partial charge in [0, 0.05) is 19.3 Å². The van der Waals surface area contributed by atoms with E-state index in [0.29, 0.717) is 19.3 Å². The van der Waals surface area contributed by atoms with Gasteiger partial charge in [0.05, 0.1) is 0 Å². The predicted octanol–water partition coefficient (Wildman–Crippen LogP) is 16.4. The van der Waals surface area contributed by atoms with E-state index < -0.39 is 6.10 Å². The molecule has 2 atom stereocenters. The maximum atomic E-state index is 12.8. The molecule has 0 spiro atoms. The highest BCUT2D eigenvalue weighted by atomic mass is 16.6. The quantitative estimate of drug-likeness (QED) is 0.0346. The van der Waals surface area contributed by atoms with Crippen molar-refractivity contribution in [1.82, 2.24) is 0 Å². The number of esters is 3. The van der Waals surface area contributed by atoms with Gasteiger partial charge in [-0.05, 0) is 37.0 Å². The molecule has 6 heteroatoms. The predicted molar refractivity (Wildman–Crippen MR) is 247 cm³/mol. The maximum Gasteiger partial charge on any atom is 0.306 e. The molecule has 6 nitrogen and oxygen atoms in total. The van der Waals surface area contributed by atoms with E-state index in [2.05, 4.69) is 41.5 Å². The second-order valence-electron chi connectivity index (χ2n) is 19.0. The van der Waals surface area contributed by atoms with Gasteiger partial charge >= 0.3 is 17.9 Å². The molecular weight excluding hydrogens is 721 g/mol. The topological polar surface area (TPSA) is 78.9 Å². The average molecular weight is 821 g/mol. The summed E-state index contributed by atoms with van der Waals surface area (Å²) in [6, 6.07) is 0. The lowest BCUT2D eigenvalue weighted by Crippen LogP contribution is -2.30. The second-order valence-corrected chi connectivity index (χ2v) is 19.0. The van der Waals surface area contributed by atoms with Crippen molar-refractivity contribution in [3.63, 3.8) is 0 Å². The maximum absolute atomic E-state index is 12.8. The Morgan fingerprint density at radius 1 is 0.345 bits per heavy atom. The summed E-state index contributed by atoms with van der Waals surface area (Å²) in [5.74, 6) is 1.57. The zero-order valence-corrected chi connectivity index (χ0v) is 39.8. The Kier molecular flexibility index (Phi) is 42.3. The van der Waals surface area contributed by atoms with Crippen LogP contribution in [-0.4, -0.2) is 37.2 Å². The van der Waals surface area contributed by atoms with Crippen LogP contribution in [-0.2, 0) is 28.6 Å². The standard InChI is InChI=1S/C52H100O6/c1-7-48(6)40-34-28-23-25-30-36-42-51(54)57-45-49(44-56-50(53)41-35-29-24-22-27-33-39-47(4)5)58-52(55)43-37-31-21-19-17-15-13-11-9-8-10-12-14-16-18-20-26-32-38-46(2)3/h46-49H,7-45H2,1-6H3/t48?,49-/m0/s1. The van der Waals surface area contributed by atoms with Gasteiger partial charge in [-0.2, -0.15) is 0 Å². The molecule has 0 saturated heterocycles. The minimum atomic E-state index is -0.763. The molecule has 0 aliphatic rings. The van der Waals surface area contributed by atoms with E-state index in [1.807, 2.05) is 0 Å². The minimum Gasteiger partial charge on any atom is -0.462 e. The number of hydrogen-bond acceptors (Lipinski definition) is 6. The van der Waals surface area contributed by atoms with Crippen molar-refractivity contribution in [2.24, 2.45) is 17.8 Å². The molecular formula is C52H100O6. The number of carbonyl (C=O) groups excluding carboxylic acids is 3. The van der Waals surface area contributed by atoms with Crippen LogP contribution in [0.5, 0.6) is 0 Å². The fourth-order valence-electron chi connectivity index (χ4n) is 7.73. The number of unbranched alkanes of at least 4 members (excludes halogenated alkanes) is 27. The van der Waals surface area contributed by atoms with Crippen LogP contribution < -0.4 is 0 Å². The third-order valence-corrected chi connectivity index (χ3v) is 12.0. The van der Waals surface area contributed by atoms with Crippen LogP contribution in [0.2, 0.25) is 0 Å². The fraction of sp³-hybridized carbons (Fsp3) is 0.942. The number of hydrogen-bond donors (Lipinski definition) is 0. The Morgan fingerprint density at radius 2 is 0.603 bits per heavy atom. The van der Waals surface area contributed by atoms with E-state index in [1.165, 1.54) is 161 Å². The highest BCUT2D eigenvalue weighted by molar-refractivity contribution is 5.71. The Labute approximate surface area is 361 Å². The lowest BCUT2D eigenvalue weighted by atomic mass is 10.00. The molecule has 0 amide bonds. The van der Waals surface area contributed by atoms with E-state index >= 15 is 0 Å². The molecule has 0 heterocycles. The zero-order chi connectivity index (χ0) is 42.7. The third-order valence-electron chi connectivity index (χ3n) is 12.0. The smallest absolute Gasteiger partial charge is 0.306 e. The van der Waals surface area contributed by atoms with Crippen molar-refractivity contribution in [3.05, 3.63) is 0 Å². The van der Waals surface area contributed by atoms with Crippen LogP contribution in [0.25, 0.3) is 0 Å². The van der Waals surface area contributed by atoms with Crippen molar-refractivity contribution >= 4 is 17.9 Å². The molecule has 58 heavy (non-hydrogen) atoms. The molecule has 0 aliphatic carbocycles. The Balaban J connectivity index is 4.19. The van der Waals surface area contributed by atoms with Crippen LogP contribution in [0.15, 0.2) is 0 Å². The van der Waals surface area contributed by atoms with Gasteiger partial charge in [-0.15, -0.1) is 0 Å². The van der Waals surface area contributed by atoms with Crippen LogP contribution >= 0.6 is 0 Å². The number of ether oxygens (including phenoxy) is 3. The Bertz CT molecular complexity index is 900. The van der Waals surface area contributed by atoms with Gasteiger partial charge in [0.2, 0.25) is 0 Å². The molecule has 0 N–H and O–H groups in total. The van der Waals surface area contributed by atoms with Crippen molar-refractivity contribution < 1.29 is 28.6 Å². The van der Waals surface area contributed by atoms with E-state index in [4.69, 9.17) is 14.2 Å². The first-order valence-corrected chi connectivity index (χ1v) is 25.6. The first kappa shape index (κ1) is 56.4. The molecule has 0 saturated carbocycles. The summed E-state index contributed by atoms with van der Waals surface area (Å²) < 4.78 is 16.7. The molecule has 344 valence electrons. The summed E-state index contributed by atoms with van der Waals surface area (Å²) in [6.07, 6.45) is 42.6. The number of rotatable bonds is 45. The lowest BCUT2D eigenvalue weighted by Gasteiger charge is -2.18. The molecule has 0 aliphatic heterocycles. The first-order chi connectivity index (χ1) is 28.1. The normalized spacial score (nSPS) is 12.6. The summed E-state index contributed by atoms with van der Waals surface area (Å²) >= 11 is 0. The summed E-state index contributed by atoms with van der Waals surface area (Å²) in [4.78, 5) is 37.8. The van der Waals surface area contributed by atoms with Crippen molar-refractivity contribution in [2.75, 3.05) is 13.2 Å². The zero-order valence-electron chi connectivity index (χ0n) is 39.8. The van der Waals surface area contributed by atoms with Crippen LogP contribution in [0.4, 0.5) is 0 Å². The largest absolute Gasteiger partial charge is 0.462 e. The monoisotopic (exact) mass is 821 g/mol. The molecule has 1 unspecified atom stereocenters. The molecule has 0 aromatic heterocycles. The Morgan fingerprint density at radius 3 is 0.897 bits per heavy atom. The van der Waals surface area contributed by atoms with Crippen molar-refractivity contribution in [3.8, 4) is 0 Å². The average Bonchev–Trinajstić information content (AvgIpc) is 3.19. The highest BCUT2D eigenvalue weighted by Crippen LogP contribution is 2.18. The van der Waals surface area contributed by atoms with Crippen molar-refractivity contribution in [1.29, 1.82) is 0 Å². The second kappa shape index (κ2) is 43.5. The summed E-state index contributed by atoms with van der Waals surface area (Å²) in [6.45, 7) is 13.6. The van der Waals surface area contributed by atoms with E-state index in [0.717, 1.165) is 75.5 Å². The van der Waals surface area contributed by atoms with Gasteiger partial charge in [0.15, 0.2) is 6.10 Å². The van der Waals surface area contributed by atoms with Gasteiger partial charge in [0.25, 0.3) is 0 Å². The first-order valence-electron chi connectivity index (χ1n) is 25.6. The highest BCUT2D eigenvalue weighted by Gasteiger charge is 2.19. The summed E-state index contributed by atoms with van der Waals surface area (Å²) in [5.41, 5.74) is 0. The van der Waals surface area contributed by atoms with Crippen LogP contribution in [0, 0.1) is 17.8 Å². The molecule has 0 aromatic rings. The van der Waals surface area contributed by atoms with E-state index in [1.54, 1.807) is 0 Å². The van der Waals surface area contributed by atoms with Gasteiger partial charge < -0.3 is 14.2 Å².